The van der Waals surface area contributed by atoms with Gasteiger partial charge in [0, 0.05) is 23.8 Å². The van der Waals surface area contributed by atoms with Crippen LogP contribution in [-0.2, 0) is 6.54 Å². The maximum absolute atomic E-state index is 4.78. The lowest BCUT2D eigenvalue weighted by atomic mass is 10.0. The predicted octanol–water partition coefficient (Wildman–Crippen LogP) is 5.07. The van der Waals surface area contributed by atoms with Crippen molar-refractivity contribution in [1.82, 2.24) is 10.3 Å². The number of rotatable bonds is 6. The second-order valence-electron chi connectivity index (χ2n) is 6.41. The maximum atomic E-state index is 4.78. The first-order valence-electron chi connectivity index (χ1n) is 8.31. The molecule has 22 heavy (non-hydrogen) atoms. The zero-order valence-electron chi connectivity index (χ0n) is 14.5. The van der Waals surface area contributed by atoms with E-state index in [-0.39, 0.29) is 0 Å². The molecule has 0 amide bonds. The van der Waals surface area contributed by atoms with Gasteiger partial charge in [-0.2, -0.15) is 0 Å². The summed E-state index contributed by atoms with van der Waals surface area (Å²) in [6.07, 6.45) is 1.15. The molecule has 0 radical (unpaired) electrons. The van der Waals surface area contributed by atoms with Crippen molar-refractivity contribution in [2.24, 2.45) is 0 Å². The van der Waals surface area contributed by atoms with Gasteiger partial charge in [0.25, 0.3) is 0 Å². The van der Waals surface area contributed by atoms with E-state index < -0.39 is 0 Å². The smallest absolute Gasteiger partial charge is 0.0705 e. The Labute approximate surface area is 135 Å². The van der Waals surface area contributed by atoms with Gasteiger partial charge in [-0.1, -0.05) is 51.1 Å². The summed E-state index contributed by atoms with van der Waals surface area (Å²) in [4.78, 5) is 4.78. The standard InChI is InChI=1S/C20H28N2/c1-6-15(4)21-13-19-11-12-20(22-16(19)5)18-9-7-17(8-10-18)14(2)3/h7-12,14-15,21H,6,13H2,1-5H3. The molecular formula is C20H28N2. The van der Waals surface area contributed by atoms with E-state index in [4.69, 9.17) is 4.98 Å². The average Bonchev–Trinajstić information content (AvgIpc) is 2.53. The van der Waals surface area contributed by atoms with Gasteiger partial charge in [-0.05, 0) is 43.4 Å². The lowest BCUT2D eigenvalue weighted by molar-refractivity contribution is 0.532. The molecule has 0 fully saturated rings. The molecule has 1 heterocycles. The van der Waals surface area contributed by atoms with Crippen LogP contribution in [0.1, 0.15) is 56.9 Å². The second kappa shape index (κ2) is 7.55. The number of pyridine rings is 1. The molecule has 1 aromatic carbocycles. The minimum absolute atomic E-state index is 0.544. The van der Waals surface area contributed by atoms with Gasteiger partial charge >= 0.3 is 0 Å². The maximum Gasteiger partial charge on any atom is 0.0705 e. The monoisotopic (exact) mass is 296 g/mol. The average molecular weight is 296 g/mol. The number of hydrogen-bond acceptors (Lipinski definition) is 2. The van der Waals surface area contributed by atoms with E-state index in [2.05, 4.69) is 76.3 Å². The molecule has 1 aromatic heterocycles. The molecule has 0 aliphatic heterocycles. The Balaban J connectivity index is 2.14. The van der Waals surface area contributed by atoms with Crippen molar-refractivity contribution in [1.29, 1.82) is 0 Å². The van der Waals surface area contributed by atoms with Crippen molar-refractivity contribution in [3.8, 4) is 11.3 Å². The van der Waals surface area contributed by atoms with Crippen LogP contribution in [0.2, 0.25) is 0 Å². The van der Waals surface area contributed by atoms with E-state index in [0.29, 0.717) is 12.0 Å². The van der Waals surface area contributed by atoms with Crippen LogP contribution in [0, 0.1) is 6.92 Å². The molecule has 0 bridgehead atoms. The molecule has 0 aliphatic rings. The summed E-state index contributed by atoms with van der Waals surface area (Å²) in [5.74, 6) is 0.567. The summed E-state index contributed by atoms with van der Waals surface area (Å²) in [6, 6.07) is 13.6. The van der Waals surface area contributed by atoms with E-state index in [0.717, 1.165) is 24.4 Å². The summed E-state index contributed by atoms with van der Waals surface area (Å²) < 4.78 is 0. The molecule has 2 rings (SSSR count). The molecule has 2 heteroatoms. The minimum atomic E-state index is 0.544. The SMILES string of the molecule is CCC(C)NCc1ccc(-c2ccc(C(C)C)cc2)nc1C. The van der Waals surface area contributed by atoms with E-state index in [9.17, 15) is 0 Å². The van der Waals surface area contributed by atoms with Gasteiger partial charge in [0.2, 0.25) is 0 Å². The first-order chi connectivity index (χ1) is 10.5. The number of hydrogen-bond donors (Lipinski definition) is 1. The van der Waals surface area contributed by atoms with Crippen LogP contribution in [0.3, 0.4) is 0 Å². The molecule has 0 saturated carbocycles. The normalized spacial score (nSPS) is 12.6. The van der Waals surface area contributed by atoms with E-state index in [1.807, 2.05) is 0 Å². The molecule has 0 aliphatic carbocycles. The van der Waals surface area contributed by atoms with Crippen LogP contribution < -0.4 is 5.32 Å². The predicted molar refractivity (Wildman–Crippen MR) is 95.1 cm³/mol. The highest BCUT2D eigenvalue weighted by molar-refractivity contribution is 5.60. The highest BCUT2D eigenvalue weighted by Crippen LogP contribution is 2.22. The Morgan fingerprint density at radius 1 is 1.00 bits per heavy atom. The summed E-state index contributed by atoms with van der Waals surface area (Å²) >= 11 is 0. The second-order valence-corrected chi connectivity index (χ2v) is 6.41. The zero-order chi connectivity index (χ0) is 16.1. The summed E-state index contributed by atoms with van der Waals surface area (Å²) in [5.41, 5.74) is 6.01. The van der Waals surface area contributed by atoms with Gasteiger partial charge in [-0.15, -0.1) is 0 Å². The molecular weight excluding hydrogens is 268 g/mol. The fourth-order valence-corrected chi connectivity index (χ4v) is 2.40. The van der Waals surface area contributed by atoms with Crippen molar-refractivity contribution in [2.45, 2.75) is 59.5 Å². The van der Waals surface area contributed by atoms with Crippen LogP contribution in [0.15, 0.2) is 36.4 Å². The Kier molecular flexibility index (Phi) is 5.73. The Hall–Kier alpha value is -1.67. The molecule has 0 saturated heterocycles. The fraction of sp³-hybridized carbons (Fsp3) is 0.450. The van der Waals surface area contributed by atoms with Gasteiger partial charge in [0.05, 0.1) is 5.69 Å². The molecule has 2 aromatic rings. The zero-order valence-corrected chi connectivity index (χ0v) is 14.5. The Bertz CT molecular complexity index is 600. The van der Waals surface area contributed by atoms with Gasteiger partial charge in [-0.25, -0.2) is 0 Å². The quantitative estimate of drug-likeness (QED) is 0.805. The molecule has 118 valence electrons. The van der Waals surface area contributed by atoms with E-state index >= 15 is 0 Å². The van der Waals surface area contributed by atoms with Crippen molar-refractivity contribution in [3.63, 3.8) is 0 Å². The molecule has 1 atom stereocenters. The number of nitrogens with one attached hydrogen (secondary N) is 1. The topological polar surface area (TPSA) is 24.9 Å². The summed E-state index contributed by atoms with van der Waals surface area (Å²) in [6.45, 7) is 11.8. The van der Waals surface area contributed by atoms with E-state index in [1.165, 1.54) is 16.7 Å². The highest BCUT2D eigenvalue weighted by Gasteiger charge is 2.06. The molecule has 2 nitrogen and oxygen atoms in total. The third-order valence-corrected chi connectivity index (χ3v) is 4.32. The number of nitrogens with zero attached hydrogens (tertiary/aromatic N) is 1. The van der Waals surface area contributed by atoms with E-state index in [1.54, 1.807) is 0 Å². The molecule has 1 N–H and O–H groups in total. The van der Waals surface area contributed by atoms with Gasteiger partial charge in [0.15, 0.2) is 0 Å². The van der Waals surface area contributed by atoms with Gasteiger partial charge in [-0.3, -0.25) is 4.98 Å². The summed E-state index contributed by atoms with van der Waals surface area (Å²) in [7, 11) is 0. The Morgan fingerprint density at radius 2 is 1.68 bits per heavy atom. The summed E-state index contributed by atoms with van der Waals surface area (Å²) in [5, 5.41) is 3.53. The molecule has 1 unspecified atom stereocenters. The fourth-order valence-electron chi connectivity index (χ4n) is 2.40. The first kappa shape index (κ1) is 16.7. The van der Waals surface area contributed by atoms with Crippen LogP contribution in [0.5, 0.6) is 0 Å². The number of aryl methyl sites for hydroxylation is 1. The highest BCUT2D eigenvalue weighted by atomic mass is 14.9. The van der Waals surface area contributed by atoms with Crippen molar-refractivity contribution in [3.05, 3.63) is 53.2 Å². The lowest BCUT2D eigenvalue weighted by Crippen LogP contribution is -2.24. The lowest BCUT2D eigenvalue weighted by Gasteiger charge is -2.13. The first-order valence-corrected chi connectivity index (χ1v) is 8.31. The minimum Gasteiger partial charge on any atom is -0.310 e. The number of aromatic nitrogens is 1. The van der Waals surface area contributed by atoms with Crippen molar-refractivity contribution >= 4 is 0 Å². The van der Waals surface area contributed by atoms with Crippen LogP contribution in [-0.4, -0.2) is 11.0 Å². The van der Waals surface area contributed by atoms with Gasteiger partial charge in [0.1, 0.15) is 0 Å². The Morgan fingerprint density at radius 3 is 2.23 bits per heavy atom. The van der Waals surface area contributed by atoms with Crippen molar-refractivity contribution in [2.75, 3.05) is 0 Å². The van der Waals surface area contributed by atoms with Crippen LogP contribution in [0.4, 0.5) is 0 Å². The van der Waals surface area contributed by atoms with Gasteiger partial charge < -0.3 is 5.32 Å². The van der Waals surface area contributed by atoms with Crippen LogP contribution >= 0.6 is 0 Å². The van der Waals surface area contributed by atoms with Crippen LogP contribution in [0.25, 0.3) is 11.3 Å². The largest absolute Gasteiger partial charge is 0.310 e. The number of benzene rings is 1. The molecule has 0 spiro atoms. The third kappa shape index (κ3) is 4.17. The van der Waals surface area contributed by atoms with Crippen molar-refractivity contribution < 1.29 is 0 Å². The third-order valence-electron chi connectivity index (χ3n) is 4.32.